The Morgan fingerprint density at radius 2 is 1.75 bits per heavy atom. The van der Waals surface area contributed by atoms with Gasteiger partial charge in [0, 0.05) is 5.56 Å². The van der Waals surface area contributed by atoms with Gasteiger partial charge in [-0.15, -0.1) is 5.10 Å². The fourth-order valence-corrected chi connectivity index (χ4v) is 1.87. The van der Waals surface area contributed by atoms with Gasteiger partial charge in [0.2, 0.25) is 0 Å². The Balaban J connectivity index is 2.32. The Morgan fingerprint density at radius 1 is 0.875 bits per heavy atom. The van der Waals surface area contributed by atoms with Crippen LogP contribution in [-0.4, -0.2) is 10.2 Å². The molecular weight excluding hydrogens is 196 g/mol. The molecule has 16 heavy (non-hydrogen) atoms. The monoisotopic (exact) mass is 205 g/mol. The van der Waals surface area contributed by atoms with E-state index in [9.17, 15) is 0 Å². The molecule has 0 fully saturated rings. The van der Waals surface area contributed by atoms with Crippen molar-refractivity contribution in [2.45, 2.75) is 0 Å². The molecule has 2 nitrogen and oxygen atoms in total. The van der Waals surface area contributed by atoms with Crippen LogP contribution < -0.4 is 0 Å². The molecule has 0 aliphatic carbocycles. The number of fused-ring (bicyclic) bond motifs is 1. The maximum Gasteiger partial charge on any atom is 0.122 e. The molecule has 0 saturated carbocycles. The topological polar surface area (TPSA) is 25.8 Å². The van der Waals surface area contributed by atoms with Gasteiger partial charge in [-0.2, -0.15) is 5.10 Å². The fourth-order valence-electron chi connectivity index (χ4n) is 1.87. The first-order valence-corrected chi connectivity index (χ1v) is 5.13. The number of rotatable bonds is 1. The second-order valence-electron chi connectivity index (χ2n) is 3.58. The third-order valence-electron chi connectivity index (χ3n) is 2.62. The molecule has 3 rings (SSSR count). The first kappa shape index (κ1) is 9.04. The summed E-state index contributed by atoms with van der Waals surface area (Å²) in [6.45, 7) is 0. The molecule has 3 aromatic rings. The molecule has 75 valence electrons. The highest BCUT2D eigenvalue weighted by molar-refractivity contribution is 5.96. The summed E-state index contributed by atoms with van der Waals surface area (Å²) in [4.78, 5) is 0. The van der Waals surface area contributed by atoms with Gasteiger partial charge >= 0.3 is 0 Å². The molecule has 0 amide bonds. The minimum Gasteiger partial charge on any atom is -0.158 e. The number of nitrogens with zero attached hydrogens (tertiary/aromatic N) is 2. The zero-order valence-corrected chi connectivity index (χ0v) is 8.59. The average Bonchev–Trinajstić information content (AvgIpc) is 2.39. The fraction of sp³-hybridized carbons (Fsp3) is 0. The highest BCUT2D eigenvalue weighted by Gasteiger charge is 2.02. The zero-order valence-electron chi connectivity index (χ0n) is 8.59. The number of benzene rings is 2. The van der Waals surface area contributed by atoms with Gasteiger partial charge in [0.25, 0.3) is 0 Å². The highest BCUT2D eigenvalue weighted by atomic mass is 15.1. The van der Waals surface area contributed by atoms with E-state index in [4.69, 9.17) is 0 Å². The van der Waals surface area contributed by atoms with Crippen LogP contribution in [-0.2, 0) is 0 Å². The van der Waals surface area contributed by atoms with Crippen LogP contribution >= 0.6 is 0 Å². The Hall–Kier alpha value is -2.22. The summed E-state index contributed by atoms with van der Waals surface area (Å²) < 4.78 is 0. The Labute approximate surface area is 93.6 Å². The summed E-state index contributed by atoms with van der Waals surface area (Å²) in [6, 6.07) is 16.5. The Kier molecular flexibility index (Phi) is 2.11. The summed E-state index contributed by atoms with van der Waals surface area (Å²) in [7, 11) is 0. The normalized spacial score (nSPS) is 10.5. The lowest BCUT2D eigenvalue weighted by atomic mass is 10.00. The van der Waals surface area contributed by atoms with E-state index in [1.165, 1.54) is 10.8 Å². The van der Waals surface area contributed by atoms with E-state index in [0.29, 0.717) is 0 Å². The maximum atomic E-state index is 3.79. The smallest absolute Gasteiger partial charge is 0.122 e. The van der Waals surface area contributed by atoms with E-state index in [1.54, 1.807) is 6.20 Å². The van der Waals surface area contributed by atoms with Crippen molar-refractivity contribution in [3.8, 4) is 11.1 Å². The van der Waals surface area contributed by atoms with E-state index in [2.05, 4.69) is 40.7 Å². The molecule has 0 unspecified atom stereocenters. The van der Waals surface area contributed by atoms with Gasteiger partial charge in [-0.05, 0) is 22.4 Å². The summed E-state index contributed by atoms with van der Waals surface area (Å²) >= 11 is 0. The molecule has 0 aliphatic heterocycles. The largest absolute Gasteiger partial charge is 0.158 e. The minimum absolute atomic E-state index is 0.979. The van der Waals surface area contributed by atoms with Crippen LogP contribution in [0.1, 0.15) is 0 Å². The third kappa shape index (κ3) is 1.44. The minimum atomic E-state index is 0.979. The Morgan fingerprint density at radius 3 is 2.62 bits per heavy atom. The van der Waals surface area contributed by atoms with Crippen molar-refractivity contribution in [3.63, 3.8) is 0 Å². The predicted octanol–water partition coefficient (Wildman–Crippen LogP) is 3.10. The molecule has 1 heterocycles. The number of hydrogen-bond donors (Lipinski definition) is 0. The lowest BCUT2D eigenvalue weighted by molar-refractivity contribution is 1.03. The van der Waals surface area contributed by atoms with E-state index in [0.717, 1.165) is 11.1 Å². The highest BCUT2D eigenvalue weighted by Crippen LogP contribution is 2.26. The van der Waals surface area contributed by atoms with Crippen LogP contribution in [0.5, 0.6) is 0 Å². The van der Waals surface area contributed by atoms with Crippen molar-refractivity contribution in [1.29, 1.82) is 0 Å². The van der Waals surface area contributed by atoms with Gasteiger partial charge in [0.15, 0.2) is 0 Å². The van der Waals surface area contributed by atoms with Crippen LogP contribution in [0.2, 0.25) is 0 Å². The molecule has 0 atom stereocenters. The van der Waals surface area contributed by atoms with Crippen LogP contribution in [0.4, 0.5) is 0 Å². The SMILES string of the molecule is [c]1nnccc1-c1cccc2ccccc12. The van der Waals surface area contributed by atoms with E-state index in [1.807, 2.05) is 24.3 Å². The van der Waals surface area contributed by atoms with Gasteiger partial charge < -0.3 is 0 Å². The second kappa shape index (κ2) is 3.74. The van der Waals surface area contributed by atoms with Crippen LogP contribution in [0.15, 0.2) is 54.7 Å². The van der Waals surface area contributed by atoms with Crippen molar-refractivity contribution in [2.24, 2.45) is 0 Å². The van der Waals surface area contributed by atoms with E-state index >= 15 is 0 Å². The first-order chi connectivity index (χ1) is 7.95. The number of aromatic nitrogens is 2. The Bertz CT molecular complexity index is 612. The lowest BCUT2D eigenvalue weighted by Crippen LogP contribution is -1.84. The third-order valence-corrected chi connectivity index (χ3v) is 2.62. The summed E-state index contributed by atoms with van der Waals surface area (Å²) in [6.07, 6.45) is 4.60. The molecular formula is C14H9N2. The van der Waals surface area contributed by atoms with Gasteiger partial charge in [-0.1, -0.05) is 42.5 Å². The summed E-state index contributed by atoms with van der Waals surface area (Å²) in [5.41, 5.74) is 2.12. The molecule has 0 bridgehead atoms. The molecule has 0 N–H and O–H groups in total. The molecule has 2 heteroatoms. The quantitative estimate of drug-likeness (QED) is 0.610. The number of hydrogen-bond acceptors (Lipinski definition) is 2. The lowest BCUT2D eigenvalue weighted by Gasteiger charge is -2.04. The second-order valence-corrected chi connectivity index (χ2v) is 3.58. The summed E-state index contributed by atoms with van der Waals surface area (Å²) in [5.74, 6) is 0. The molecule has 0 spiro atoms. The summed E-state index contributed by atoms with van der Waals surface area (Å²) in [5, 5.41) is 9.98. The zero-order chi connectivity index (χ0) is 10.8. The van der Waals surface area contributed by atoms with E-state index in [-0.39, 0.29) is 0 Å². The molecule has 0 saturated heterocycles. The van der Waals surface area contributed by atoms with Gasteiger partial charge in [-0.3, -0.25) is 0 Å². The van der Waals surface area contributed by atoms with Gasteiger partial charge in [0.05, 0.1) is 6.20 Å². The van der Waals surface area contributed by atoms with Gasteiger partial charge in [0.1, 0.15) is 6.20 Å². The van der Waals surface area contributed by atoms with Crippen LogP contribution in [0, 0.1) is 6.20 Å². The standard InChI is InChI=1S/C14H9N2/c1-2-6-13-11(4-1)5-3-7-14(13)12-8-9-15-16-10-12/h1-9H. The van der Waals surface area contributed by atoms with E-state index < -0.39 is 0 Å². The van der Waals surface area contributed by atoms with Gasteiger partial charge in [-0.25, -0.2) is 0 Å². The van der Waals surface area contributed by atoms with Crippen LogP contribution in [0.25, 0.3) is 21.9 Å². The van der Waals surface area contributed by atoms with Crippen molar-refractivity contribution in [2.75, 3.05) is 0 Å². The maximum absolute atomic E-state index is 3.79. The van der Waals surface area contributed by atoms with Crippen molar-refractivity contribution >= 4 is 10.8 Å². The predicted molar refractivity (Wildman–Crippen MR) is 63.8 cm³/mol. The van der Waals surface area contributed by atoms with Crippen molar-refractivity contribution < 1.29 is 0 Å². The van der Waals surface area contributed by atoms with Crippen LogP contribution in [0.3, 0.4) is 0 Å². The molecule has 0 aliphatic rings. The van der Waals surface area contributed by atoms with Crippen molar-refractivity contribution in [1.82, 2.24) is 10.2 Å². The molecule has 1 radical (unpaired) electrons. The average molecular weight is 205 g/mol. The van der Waals surface area contributed by atoms with Crippen molar-refractivity contribution in [3.05, 3.63) is 60.9 Å². The molecule has 1 aromatic heterocycles. The first-order valence-electron chi connectivity index (χ1n) is 5.13. The molecule has 2 aromatic carbocycles.